The van der Waals surface area contributed by atoms with Crippen molar-refractivity contribution in [2.45, 2.75) is 32.6 Å². The molecule has 0 fully saturated rings. The molecule has 4 heteroatoms. The molecule has 0 saturated heterocycles. The van der Waals surface area contributed by atoms with Crippen molar-refractivity contribution < 1.29 is 14.6 Å². The first-order valence-electron chi connectivity index (χ1n) is 6.76. The molecule has 106 valence electrons. The van der Waals surface area contributed by atoms with Crippen LogP contribution < -0.4 is 0 Å². The summed E-state index contributed by atoms with van der Waals surface area (Å²) in [5, 5.41) is 18.9. The first kappa shape index (κ1) is 15.8. The number of benzene rings is 1. The maximum absolute atomic E-state index is 11.7. The number of hydrogen-bond acceptors (Lipinski definition) is 4. The first-order valence-corrected chi connectivity index (χ1v) is 6.76. The lowest BCUT2D eigenvalue weighted by molar-refractivity contribution is -0.142. The highest BCUT2D eigenvalue weighted by Gasteiger charge is 2.17. The standard InChI is InChI=1S/C16H19NO3/c1-2-3-4-8-11-20-16(19)15(18)14(12-17)13-9-6-5-7-10-13/h5-7,9-10,18H,2-4,8,11H2,1H3. The van der Waals surface area contributed by atoms with Crippen molar-refractivity contribution in [2.75, 3.05) is 6.61 Å². The molecule has 0 aromatic heterocycles. The molecule has 1 N–H and O–H groups in total. The Balaban J connectivity index is 2.65. The van der Waals surface area contributed by atoms with Crippen molar-refractivity contribution >= 4 is 11.5 Å². The van der Waals surface area contributed by atoms with Crippen molar-refractivity contribution in [3.05, 3.63) is 41.7 Å². The lowest BCUT2D eigenvalue weighted by atomic mass is 10.1. The topological polar surface area (TPSA) is 70.3 Å². The number of carbonyl (C=O) groups is 1. The molecular formula is C16H19NO3. The summed E-state index contributed by atoms with van der Waals surface area (Å²) in [6, 6.07) is 10.4. The van der Waals surface area contributed by atoms with E-state index in [1.807, 2.05) is 6.07 Å². The van der Waals surface area contributed by atoms with E-state index in [-0.39, 0.29) is 12.2 Å². The first-order chi connectivity index (χ1) is 9.70. The van der Waals surface area contributed by atoms with E-state index in [4.69, 9.17) is 10.00 Å². The Kier molecular flexibility index (Phi) is 6.91. The summed E-state index contributed by atoms with van der Waals surface area (Å²) in [6.45, 7) is 2.36. The Labute approximate surface area is 119 Å². The van der Waals surface area contributed by atoms with Gasteiger partial charge in [-0.15, -0.1) is 0 Å². The number of ether oxygens (including phenoxy) is 1. The number of rotatable bonds is 7. The zero-order valence-corrected chi connectivity index (χ0v) is 11.6. The van der Waals surface area contributed by atoms with Gasteiger partial charge in [-0.3, -0.25) is 0 Å². The number of hydrogen-bond donors (Lipinski definition) is 1. The van der Waals surface area contributed by atoms with Gasteiger partial charge in [-0.05, 0) is 12.0 Å². The molecule has 0 amide bonds. The Morgan fingerprint density at radius 3 is 2.55 bits per heavy atom. The average Bonchev–Trinajstić information content (AvgIpc) is 2.48. The van der Waals surface area contributed by atoms with Gasteiger partial charge in [0, 0.05) is 0 Å². The van der Waals surface area contributed by atoms with Crippen LogP contribution in [0.2, 0.25) is 0 Å². The fourth-order valence-electron chi connectivity index (χ4n) is 1.72. The van der Waals surface area contributed by atoms with Gasteiger partial charge in [0.05, 0.1) is 6.61 Å². The second-order valence-electron chi connectivity index (χ2n) is 4.40. The van der Waals surface area contributed by atoms with E-state index in [1.165, 1.54) is 0 Å². The van der Waals surface area contributed by atoms with Crippen molar-refractivity contribution in [2.24, 2.45) is 0 Å². The van der Waals surface area contributed by atoms with Crippen LogP contribution in [-0.2, 0) is 9.53 Å². The number of aliphatic hydroxyl groups is 1. The van der Waals surface area contributed by atoms with Gasteiger partial charge in [0.15, 0.2) is 0 Å². The summed E-state index contributed by atoms with van der Waals surface area (Å²) in [5.41, 5.74) is 0.430. The van der Waals surface area contributed by atoms with E-state index in [0.29, 0.717) is 5.56 Å². The van der Waals surface area contributed by atoms with Crippen LogP contribution in [0.1, 0.15) is 38.2 Å². The smallest absolute Gasteiger partial charge is 0.374 e. The molecule has 0 unspecified atom stereocenters. The van der Waals surface area contributed by atoms with Crippen molar-refractivity contribution in [1.29, 1.82) is 5.26 Å². The predicted octanol–water partition coefficient (Wildman–Crippen LogP) is 3.60. The summed E-state index contributed by atoms with van der Waals surface area (Å²) in [6.07, 6.45) is 3.94. The third-order valence-corrected chi connectivity index (χ3v) is 2.84. The minimum absolute atomic E-state index is 0.0656. The highest BCUT2D eigenvalue weighted by Crippen LogP contribution is 2.17. The third-order valence-electron chi connectivity index (χ3n) is 2.84. The van der Waals surface area contributed by atoms with Gasteiger partial charge in [0.2, 0.25) is 5.76 Å². The molecule has 4 nitrogen and oxygen atoms in total. The van der Waals surface area contributed by atoms with E-state index < -0.39 is 11.7 Å². The van der Waals surface area contributed by atoms with E-state index >= 15 is 0 Å². The second kappa shape index (κ2) is 8.76. The van der Waals surface area contributed by atoms with E-state index in [9.17, 15) is 9.90 Å². The molecule has 0 saturated carbocycles. The molecule has 0 spiro atoms. The number of nitriles is 1. The number of allylic oxidation sites excluding steroid dienone is 1. The van der Waals surface area contributed by atoms with Crippen molar-refractivity contribution in [1.82, 2.24) is 0 Å². The maximum atomic E-state index is 11.7. The highest BCUT2D eigenvalue weighted by atomic mass is 16.5. The van der Waals surface area contributed by atoms with Gasteiger partial charge in [-0.2, -0.15) is 5.26 Å². The quantitative estimate of drug-likeness (QED) is 0.271. The maximum Gasteiger partial charge on any atom is 0.374 e. The largest absolute Gasteiger partial charge is 0.501 e. The van der Waals surface area contributed by atoms with Crippen LogP contribution in [0.15, 0.2) is 36.1 Å². The molecule has 0 radical (unpaired) electrons. The van der Waals surface area contributed by atoms with Crippen LogP contribution in [0, 0.1) is 11.3 Å². The van der Waals surface area contributed by atoms with Gasteiger partial charge in [-0.25, -0.2) is 4.79 Å². The number of carbonyl (C=O) groups excluding carboxylic acids is 1. The minimum Gasteiger partial charge on any atom is -0.501 e. The highest BCUT2D eigenvalue weighted by molar-refractivity contribution is 5.98. The predicted molar refractivity (Wildman–Crippen MR) is 76.7 cm³/mol. The molecule has 0 atom stereocenters. The van der Waals surface area contributed by atoms with Crippen LogP contribution in [0.25, 0.3) is 5.57 Å². The van der Waals surface area contributed by atoms with Crippen LogP contribution in [0.5, 0.6) is 0 Å². The van der Waals surface area contributed by atoms with Gasteiger partial charge >= 0.3 is 5.97 Å². The third kappa shape index (κ3) is 4.77. The molecule has 0 heterocycles. The summed E-state index contributed by atoms with van der Waals surface area (Å²) in [5.74, 6) is -1.48. The van der Waals surface area contributed by atoms with Gasteiger partial charge < -0.3 is 9.84 Å². The molecule has 1 aromatic rings. The Morgan fingerprint density at radius 1 is 1.25 bits per heavy atom. The van der Waals surface area contributed by atoms with Crippen LogP contribution >= 0.6 is 0 Å². The van der Waals surface area contributed by atoms with Gasteiger partial charge in [-0.1, -0.05) is 56.5 Å². The Morgan fingerprint density at radius 2 is 1.95 bits per heavy atom. The molecule has 1 rings (SSSR count). The molecule has 20 heavy (non-hydrogen) atoms. The van der Waals surface area contributed by atoms with Crippen LogP contribution in [0.4, 0.5) is 0 Å². The number of unbranched alkanes of at least 4 members (excludes halogenated alkanes) is 3. The molecule has 0 aliphatic heterocycles. The Bertz CT molecular complexity index is 500. The number of nitrogens with zero attached hydrogens (tertiary/aromatic N) is 1. The lowest BCUT2D eigenvalue weighted by Gasteiger charge is -2.06. The number of aliphatic hydroxyl groups excluding tert-OH is 1. The Hall–Kier alpha value is -2.28. The minimum atomic E-state index is -0.845. The van der Waals surface area contributed by atoms with E-state index in [2.05, 4.69) is 6.92 Å². The van der Waals surface area contributed by atoms with E-state index in [0.717, 1.165) is 25.7 Å². The second-order valence-corrected chi connectivity index (χ2v) is 4.40. The zero-order valence-electron chi connectivity index (χ0n) is 11.6. The van der Waals surface area contributed by atoms with Crippen molar-refractivity contribution in [3.8, 4) is 6.07 Å². The lowest BCUT2D eigenvalue weighted by Crippen LogP contribution is -2.10. The zero-order chi connectivity index (χ0) is 14.8. The number of esters is 1. The van der Waals surface area contributed by atoms with Gasteiger partial charge in [0.1, 0.15) is 11.6 Å². The normalized spacial score (nSPS) is 11.4. The molecule has 0 aliphatic rings. The monoisotopic (exact) mass is 273 g/mol. The molecular weight excluding hydrogens is 254 g/mol. The average molecular weight is 273 g/mol. The van der Waals surface area contributed by atoms with E-state index in [1.54, 1.807) is 30.3 Å². The van der Waals surface area contributed by atoms with Crippen LogP contribution in [0.3, 0.4) is 0 Å². The van der Waals surface area contributed by atoms with Crippen LogP contribution in [-0.4, -0.2) is 17.7 Å². The summed E-state index contributed by atoms with van der Waals surface area (Å²) < 4.78 is 4.96. The summed E-state index contributed by atoms with van der Waals surface area (Å²) >= 11 is 0. The van der Waals surface area contributed by atoms with Gasteiger partial charge in [0.25, 0.3) is 0 Å². The fraction of sp³-hybridized carbons (Fsp3) is 0.375. The fourth-order valence-corrected chi connectivity index (χ4v) is 1.72. The SMILES string of the molecule is CCCCCCOC(=O)C(O)=C(C#N)c1ccccc1. The molecule has 0 bridgehead atoms. The molecule has 0 aliphatic carbocycles. The summed E-state index contributed by atoms with van der Waals surface area (Å²) in [4.78, 5) is 11.7. The summed E-state index contributed by atoms with van der Waals surface area (Å²) in [7, 11) is 0. The molecule has 1 aromatic carbocycles. The van der Waals surface area contributed by atoms with Crippen molar-refractivity contribution in [3.63, 3.8) is 0 Å².